The molecule has 0 radical (unpaired) electrons. The van der Waals surface area contributed by atoms with Crippen LogP contribution in [0.3, 0.4) is 0 Å². The Morgan fingerprint density at radius 1 is 0.289 bits per heavy atom. The van der Waals surface area contributed by atoms with Crippen molar-refractivity contribution in [3.05, 3.63) is 12.4 Å². The summed E-state index contributed by atoms with van der Waals surface area (Å²) in [6, 6.07) is 0. The molecule has 0 bridgehead atoms. The summed E-state index contributed by atoms with van der Waals surface area (Å²) in [4.78, 5) is 5.43. The highest BCUT2D eigenvalue weighted by atomic mass is 15.4. The molecule has 0 aliphatic carbocycles. The number of unbranched alkanes of at least 4 members (excludes halogenated alkanes) is 31. The number of hydrogen-bond acceptors (Lipinski definition) is 2. The van der Waals surface area contributed by atoms with Crippen molar-refractivity contribution in [2.45, 2.75) is 252 Å². The molecule has 0 aromatic rings. The highest BCUT2D eigenvalue weighted by Crippen LogP contribution is 2.24. The van der Waals surface area contributed by atoms with Crippen LogP contribution in [0.1, 0.15) is 245 Å². The average Bonchev–Trinajstić information content (AvgIpc) is 3.43. The van der Waals surface area contributed by atoms with Gasteiger partial charge in [0.05, 0.1) is 0 Å². The fourth-order valence-corrected chi connectivity index (χ4v) is 7.42. The van der Waals surface area contributed by atoms with E-state index in [4.69, 9.17) is 0 Å². The fraction of sp³-hybridized carbons (Fsp3) is 0.953. The van der Waals surface area contributed by atoms with Crippen LogP contribution in [0.2, 0.25) is 0 Å². The molecule has 2 nitrogen and oxygen atoms in total. The fourth-order valence-electron chi connectivity index (χ4n) is 7.42. The quantitative estimate of drug-likeness (QED) is 0.0630. The molecule has 1 rings (SSSR count). The molecule has 268 valence electrons. The van der Waals surface area contributed by atoms with Gasteiger partial charge in [0.25, 0.3) is 0 Å². The first-order valence-corrected chi connectivity index (χ1v) is 21.5. The van der Waals surface area contributed by atoms with Crippen LogP contribution in [0.5, 0.6) is 0 Å². The Morgan fingerprint density at radius 2 is 0.511 bits per heavy atom. The lowest BCUT2D eigenvalue weighted by molar-refractivity contribution is 0.135. The molecule has 0 saturated heterocycles. The molecule has 1 aliphatic rings. The van der Waals surface area contributed by atoms with Gasteiger partial charge in [-0.25, -0.2) is 0 Å². The summed E-state index contributed by atoms with van der Waals surface area (Å²) < 4.78 is 0. The zero-order chi connectivity index (χ0) is 32.3. The minimum Gasteiger partial charge on any atom is -0.356 e. The Kier molecular flexibility index (Phi) is 32.6. The first-order valence-electron chi connectivity index (χ1n) is 21.5. The largest absolute Gasteiger partial charge is 0.356 e. The zero-order valence-corrected chi connectivity index (χ0v) is 31.8. The average molecular weight is 631 g/mol. The molecule has 1 unspecified atom stereocenters. The summed E-state index contributed by atoms with van der Waals surface area (Å²) in [5.41, 5.74) is 0. The van der Waals surface area contributed by atoms with Crippen LogP contribution in [0.4, 0.5) is 0 Å². The van der Waals surface area contributed by atoms with Gasteiger partial charge in [0.2, 0.25) is 0 Å². The lowest BCUT2D eigenvalue weighted by Crippen LogP contribution is -2.39. The zero-order valence-electron chi connectivity index (χ0n) is 31.8. The summed E-state index contributed by atoms with van der Waals surface area (Å²) in [7, 11) is 0. The van der Waals surface area contributed by atoms with Gasteiger partial charge in [0, 0.05) is 25.5 Å². The maximum atomic E-state index is 2.72. The summed E-state index contributed by atoms with van der Waals surface area (Å²) in [5, 5.41) is 0. The van der Waals surface area contributed by atoms with Gasteiger partial charge in [-0.05, 0) is 25.7 Å². The van der Waals surface area contributed by atoms with Crippen LogP contribution in [-0.2, 0) is 0 Å². The highest BCUT2D eigenvalue weighted by Gasteiger charge is 2.24. The Bertz CT molecular complexity index is 586. The smallest absolute Gasteiger partial charge is 0.101 e. The minimum atomic E-state index is 0.639. The predicted molar refractivity (Wildman–Crippen MR) is 205 cm³/mol. The van der Waals surface area contributed by atoms with Crippen molar-refractivity contribution in [1.82, 2.24) is 9.80 Å². The van der Waals surface area contributed by atoms with E-state index in [-0.39, 0.29) is 0 Å². The van der Waals surface area contributed by atoms with Crippen molar-refractivity contribution in [2.24, 2.45) is 0 Å². The van der Waals surface area contributed by atoms with Crippen molar-refractivity contribution in [3.8, 4) is 0 Å². The van der Waals surface area contributed by atoms with Gasteiger partial charge in [0.15, 0.2) is 0 Å². The van der Waals surface area contributed by atoms with Crippen molar-refractivity contribution < 1.29 is 0 Å². The molecule has 0 N–H and O–H groups in total. The topological polar surface area (TPSA) is 6.48 Å². The standard InChI is InChI=1S/C43H86N2/c1-4-7-10-13-16-18-20-21-22-23-24-25-27-29-31-34-37-40-45-42-41-44(43(45)38-35-32-15-12-9-6-3)39-36-33-30-28-26-19-17-14-11-8-5-2/h41-43H,4-40H2,1-3H3. The third-order valence-electron chi connectivity index (χ3n) is 10.6. The maximum absolute atomic E-state index is 2.72. The Labute approximate surface area is 286 Å². The monoisotopic (exact) mass is 631 g/mol. The highest BCUT2D eigenvalue weighted by molar-refractivity contribution is 4.97. The molecule has 1 aliphatic heterocycles. The Balaban J connectivity index is 2.11. The second-order valence-corrected chi connectivity index (χ2v) is 15.0. The molecule has 1 atom stereocenters. The van der Waals surface area contributed by atoms with Crippen LogP contribution in [-0.4, -0.2) is 29.1 Å². The SMILES string of the molecule is CCCCCCCCCCCCCCCCCCCN1C=CN(CCCCCCCCCCCCC)C1CCCCCCCC. The van der Waals surface area contributed by atoms with Crippen molar-refractivity contribution in [2.75, 3.05) is 13.1 Å². The van der Waals surface area contributed by atoms with Crippen LogP contribution in [0.25, 0.3) is 0 Å². The van der Waals surface area contributed by atoms with E-state index < -0.39 is 0 Å². The third kappa shape index (κ3) is 27.0. The molecule has 1 heterocycles. The van der Waals surface area contributed by atoms with E-state index in [0.717, 1.165) is 0 Å². The molecule has 0 spiro atoms. The van der Waals surface area contributed by atoms with Gasteiger partial charge in [-0.15, -0.1) is 0 Å². The van der Waals surface area contributed by atoms with Gasteiger partial charge in [0.1, 0.15) is 6.17 Å². The minimum absolute atomic E-state index is 0.639. The molecule has 0 amide bonds. The summed E-state index contributed by atoms with van der Waals surface area (Å²) in [6.45, 7) is 9.49. The molecule has 0 aromatic carbocycles. The normalized spacial score (nSPS) is 14.8. The van der Waals surface area contributed by atoms with E-state index in [1.807, 2.05) is 0 Å². The first kappa shape index (κ1) is 42.4. The van der Waals surface area contributed by atoms with Gasteiger partial charge >= 0.3 is 0 Å². The number of nitrogens with zero attached hydrogens (tertiary/aromatic N) is 2. The first-order chi connectivity index (χ1) is 22.3. The van der Waals surface area contributed by atoms with Gasteiger partial charge < -0.3 is 9.80 Å². The molecule has 0 fully saturated rings. The van der Waals surface area contributed by atoms with Gasteiger partial charge in [-0.3, -0.25) is 0 Å². The Hall–Kier alpha value is -0.660. The molecule has 0 saturated carbocycles. The van der Waals surface area contributed by atoms with Crippen LogP contribution >= 0.6 is 0 Å². The van der Waals surface area contributed by atoms with Gasteiger partial charge in [-0.2, -0.15) is 0 Å². The predicted octanol–water partition coefficient (Wildman–Crippen LogP) is 15.1. The molecular formula is C43H86N2. The molecular weight excluding hydrogens is 544 g/mol. The maximum Gasteiger partial charge on any atom is 0.101 e. The lowest BCUT2D eigenvalue weighted by atomic mass is 10.0. The summed E-state index contributed by atoms with van der Waals surface area (Å²) in [6.07, 6.45) is 55.9. The van der Waals surface area contributed by atoms with E-state index in [1.54, 1.807) is 0 Å². The molecule has 2 heteroatoms. The van der Waals surface area contributed by atoms with E-state index in [0.29, 0.717) is 6.17 Å². The number of hydrogen-bond donors (Lipinski definition) is 0. The second kappa shape index (κ2) is 34.7. The number of rotatable bonds is 37. The second-order valence-electron chi connectivity index (χ2n) is 15.0. The summed E-state index contributed by atoms with van der Waals surface area (Å²) >= 11 is 0. The lowest BCUT2D eigenvalue weighted by Gasteiger charge is -2.33. The van der Waals surface area contributed by atoms with Crippen LogP contribution < -0.4 is 0 Å². The third-order valence-corrected chi connectivity index (χ3v) is 10.6. The van der Waals surface area contributed by atoms with E-state index in [2.05, 4.69) is 43.0 Å². The van der Waals surface area contributed by atoms with Crippen LogP contribution in [0, 0.1) is 0 Å². The molecule has 0 aromatic heterocycles. The van der Waals surface area contributed by atoms with Crippen molar-refractivity contribution in [3.63, 3.8) is 0 Å². The van der Waals surface area contributed by atoms with Gasteiger partial charge in [-0.1, -0.05) is 220 Å². The van der Waals surface area contributed by atoms with Crippen molar-refractivity contribution >= 4 is 0 Å². The molecule has 45 heavy (non-hydrogen) atoms. The van der Waals surface area contributed by atoms with E-state index in [1.165, 1.54) is 238 Å². The van der Waals surface area contributed by atoms with Crippen LogP contribution in [0.15, 0.2) is 12.4 Å². The summed E-state index contributed by atoms with van der Waals surface area (Å²) in [5.74, 6) is 0. The van der Waals surface area contributed by atoms with E-state index in [9.17, 15) is 0 Å². The Morgan fingerprint density at radius 3 is 0.778 bits per heavy atom. The van der Waals surface area contributed by atoms with Crippen molar-refractivity contribution in [1.29, 1.82) is 0 Å². The van der Waals surface area contributed by atoms with E-state index >= 15 is 0 Å².